The first-order valence-corrected chi connectivity index (χ1v) is 10.4. The molecule has 1 fully saturated rings. The number of nitro groups is 1. The van der Waals surface area contributed by atoms with Gasteiger partial charge in [-0.05, 0) is 55.2 Å². The number of nitriles is 1. The summed E-state index contributed by atoms with van der Waals surface area (Å²) in [5.74, 6) is -0.685. The first kappa shape index (κ1) is 22.7. The van der Waals surface area contributed by atoms with Crippen molar-refractivity contribution in [3.05, 3.63) is 69.3 Å². The lowest BCUT2D eigenvalue weighted by Crippen LogP contribution is -2.27. The Morgan fingerprint density at radius 3 is 2.41 bits per heavy atom. The van der Waals surface area contributed by atoms with Gasteiger partial charge in [-0.2, -0.15) is 5.26 Å². The van der Waals surface area contributed by atoms with Gasteiger partial charge in [0.2, 0.25) is 0 Å². The standard InChI is InChI=1S/C24H23N3O5/c1-2-32-24(29)21(11-12-25)15-20-10-9-19(16-22(20)27(30)31)17-5-7-18(8-6-17)23(28)26-13-3-4-14-26/h5-10,15-16H,2-4,11,13-14H2,1H3/b21-15+. The van der Waals surface area contributed by atoms with E-state index >= 15 is 0 Å². The van der Waals surface area contributed by atoms with Gasteiger partial charge in [0.15, 0.2) is 0 Å². The molecule has 0 radical (unpaired) electrons. The van der Waals surface area contributed by atoms with Gasteiger partial charge in [-0.3, -0.25) is 14.9 Å². The lowest BCUT2D eigenvalue weighted by molar-refractivity contribution is -0.385. The van der Waals surface area contributed by atoms with E-state index in [0.717, 1.165) is 31.5 Å². The Morgan fingerprint density at radius 2 is 1.81 bits per heavy atom. The Hall–Kier alpha value is -3.99. The molecule has 1 heterocycles. The lowest BCUT2D eigenvalue weighted by atomic mass is 9.99. The molecule has 0 spiro atoms. The average Bonchev–Trinajstić information content (AvgIpc) is 3.33. The van der Waals surface area contributed by atoms with E-state index in [1.54, 1.807) is 37.3 Å². The topological polar surface area (TPSA) is 114 Å². The van der Waals surface area contributed by atoms with Gasteiger partial charge in [0.05, 0.1) is 35.2 Å². The molecule has 1 aliphatic rings. The summed E-state index contributed by atoms with van der Waals surface area (Å²) >= 11 is 0. The van der Waals surface area contributed by atoms with Crippen LogP contribution in [0, 0.1) is 21.4 Å². The molecule has 1 amide bonds. The Labute approximate surface area is 185 Å². The molecule has 0 unspecified atom stereocenters. The van der Waals surface area contributed by atoms with Gasteiger partial charge in [0.25, 0.3) is 11.6 Å². The predicted octanol–water partition coefficient (Wildman–Crippen LogP) is 4.36. The molecule has 0 saturated carbocycles. The van der Waals surface area contributed by atoms with Crippen LogP contribution >= 0.6 is 0 Å². The molecule has 1 aliphatic heterocycles. The van der Waals surface area contributed by atoms with Crippen LogP contribution in [0.3, 0.4) is 0 Å². The highest BCUT2D eigenvalue weighted by Gasteiger charge is 2.20. The number of nitro benzene ring substituents is 1. The molecule has 2 aromatic carbocycles. The maximum Gasteiger partial charge on any atom is 0.335 e. The Kier molecular flexibility index (Phi) is 7.34. The molecule has 8 nitrogen and oxygen atoms in total. The Morgan fingerprint density at radius 1 is 1.16 bits per heavy atom. The van der Waals surface area contributed by atoms with Crippen molar-refractivity contribution >= 4 is 23.6 Å². The number of hydrogen-bond donors (Lipinski definition) is 0. The van der Waals surface area contributed by atoms with Crippen molar-refractivity contribution in [2.75, 3.05) is 19.7 Å². The van der Waals surface area contributed by atoms with Crippen molar-refractivity contribution in [1.82, 2.24) is 4.90 Å². The summed E-state index contributed by atoms with van der Waals surface area (Å²) in [7, 11) is 0. The lowest BCUT2D eigenvalue weighted by Gasteiger charge is -2.15. The van der Waals surface area contributed by atoms with Crippen LogP contribution in [-0.2, 0) is 9.53 Å². The molecular weight excluding hydrogens is 410 g/mol. The second-order valence-electron chi connectivity index (χ2n) is 7.33. The summed E-state index contributed by atoms with van der Waals surface area (Å²) in [5.41, 5.74) is 1.98. The summed E-state index contributed by atoms with van der Waals surface area (Å²) < 4.78 is 4.93. The third kappa shape index (κ3) is 5.19. The van der Waals surface area contributed by atoms with Crippen molar-refractivity contribution in [2.45, 2.75) is 26.2 Å². The highest BCUT2D eigenvalue weighted by molar-refractivity contribution is 5.96. The zero-order valence-corrected chi connectivity index (χ0v) is 17.7. The van der Waals surface area contributed by atoms with Crippen molar-refractivity contribution in [1.29, 1.82) is 5.26 Å². The van der Waals surface area contributed by atoms with E-state index in [1.807, 2.05) is 11.0 Å². The fourth-order valence-electron chi connectivity index (χ4n) is 3.59. The molecule has 2 aromatic rings. The predicted molar refractivity (Wildman–Crippen MR) is 119 cm³/mol. The van der Waals surface area contributed by atoms with E-state index in [2.05, 4.69) is 0 Å². The third-order valence-corrected chi connectivity index (χ3v) is 5.22. The quantitative estimate of drug-likeness (QED) is 0.277. The SMILES string of the molecule is CCOC(=O)/C(=C/c1ccc(-c2ccc(C(=O)N3CCCC3)cc2)cc1[N+](=O)[O-])CC#N. The van der Waals surface area contributed by atoms with Crippen LogP contribution in [0.1, 0.15) is 42.1 Å². The number of benzene rings is 2. The summed E-state index contributed by atoms with van der Waals surface area (Å²) in [4.78, 5) is 37.5. The fourth-order valence-corrected chi connectivity index (χ4v) is 3.59. The smallest absolute Gasteiger partial charge is 0.335 e. The van der Waals surface area contributed by atoms with E-state index in [9.17, 15) is 19.7 Å². The first-order chi connectivity index (χ1) is 15.4. The third-order valence-electron chi connectivity index (χ3n) is 5.22. The average molecular weight is 433 g/mol. The van der Waals surface area contributed by atoms with Gasteiger partial charge in [0.1, 0.15) is 0 Å². The molecule has 0 bridgehead atoms. The number of carbonyl (C=O) groups is 2. The van der Waals surface area contributed by atoms with Crippen LogP contribution in [-0.4, -0.2) is 41.4 Å². The van der Waals surface area contributed by atoms with E-state index in [4.69, 9.17) is 10.00 Å². The molecule has 0 N–H and O–H groups in total. The molecule has 0 aromatic heterocycles. The second-order valence-corrected chi connectivity index (χ2v) is 7.33. The normalized spacial score (nSPS) is 13.5. The van der Waals surface area contributed by atoms with Gasteiger partial charge in [0, 0.05) is 24.7 Å². The van der Waals surface area contributed by atoms with Crippen LogP contribution in [0.4, 0.5) is 5.69 Å². The van der Waals surface area contributed by atoms with E-state index in [-0.39, 0.29) is 35.8 Å². The Bertz CT molecular complexity index is 1090. The maximum atomic E-state index is 12.5. The minimum atomic E-state index is -0.675. The van der Waals surface area contributed by atoms with Gasteiger partial charge in [-0.15, -0.1) is 0 Å². The van der Waals surface area contributed by atoms with Gasteiger partial charge < -0.3 is 9.64 Å². The van der Waals surface area contributed by atoms with E-state index < -0.39 is 10.9 Å². The molecule has 0 atom stereocenters. The molecular formula is C24H23N3O5. The number of nitrogens with zero attached hydrogens (tertiary/aromatic N) is 3. The summed E-state index contributed by atoms with van der Waals surface area (Å²) in [6.07, 6.45) is 3.13. The number of esters is 1. The number of ether oxygens (including phenoxy) is 1. The number of carbonyl (C=O) groups excluding carboxylic acids is 2. The van der Waals surface area contributed by atoms with Crippen LogP contribution in [0.15, 0.2) is 48.0 Å². The number of rotatable bonds is 7. The highest BCUT2D eigenvalue weighted by Crippen LogP contribution is 2.30. The van der Waals surface area contributed by atoms with Crippen LogP contribution in [0.2, 0.25) is 0 Å². The van der Waals surface area contributed by atoms with Crippen molar-refractivity contribution in [3.63, 3.8) is 0 Å². The van der Waals surface area contributed by atoms with Crippen LogP contribution in [0.25, 0.3) is 17.2 Å². The molecule has 8 heteroatoms. The van der Waals surface area contributed by atoms with Crippen molar-refractivity contribution in [3.8, 4) is 17.2 Å². The molecule has 164 valence electrons. The second kappa shape index (κ2) is 10.4. The number of amides is 1. The largest absolute Gasteiger partial charge is 0.463 e. The minimum Gasteiger partial charge on any atom is -0.463 e. The van der Waals surface area contributed by atoms with Gasteiger partial charge >= 0.3 is 5.97 Å². The van der Waals surface area contributed by atoms with Crippen LogP contribution in [0.5, 0.6) is 0 Å². The van der Waals surface area contributed by atoms with Gasteiger partial charge in [-0.25, -0.2) is 4.79 Å². The van der Waals surface area contributed by atoms with E-state index in [0.29, 0.717) is 11.1 Å². The van der Waals surface area contributed by atoms with Crippen molar-refractivity contribution in [2.24, 2.45) is 0 Å². The Balaban J connectivity index is 1.91. The molecule has 0 aliphatic carbocycles. The minimum absolute atomic E-state index is 0.00972. The first-order valence-electron chi connectivity index (χ1n) is 10.4. The zero-order chi connectivity index (χ0) is 23.1. The monoisotopic (exact) mass is 433 g/mol. The van der Waals surface area contributed by atoms with E-state index in [1.165, 1.54) is 18.2 Å². The summed E-state index contributed by atoms with van der Waals surface area (Å²) in [6, 6.07) is 13.5. The highest BCUT2D eigenvalue weighted by atomic mass is 16.6. The fraction of sp³-hybridized carbons (Fsp3) is 0.292. The summed E-state index contributed by atoms with van der Waals surface area (Å²) in [5, 5.41) is 20.6. The van der Waals surface area contributed by atoms with Crippen LogP contribution < -0.4 is 0 Å². The summed E-state index contributed by atoms with van der Waals surface area (Å²) in [6.45, 7) is 3.31. The zero-order valence-electron chi connectivity index (χ0n) is 17.7. The molecule has 1 saturated heterocycles. The molecule has 3 rings (SSSR count). The molecule has 32 heavy (non-hydrogen) atoms. The number of hydrogen-bond acceptors (Lipinski definition) is 6. The van der Waals surface area contributed by atoms with Gasteiger partial charge in [-0.1, -0.05) is 18.2 Å². The maximum absolute atomic E-state index is 12.5. The number of likely N-dealkylation sites (tertiary alicyclic amines) is 1. The van der Waals surface area contributed by atoms with Crippen molar-refractivity contribution < 1.29 is 19.2 Å².